The largest absolute Gasteiger partial charge is 0.396 e. The van der Waals surface area contributed by atoms with Crippen molar-refractivity contribution < 1.29 is 9.90 Å². The maximum atomic E-state index is 12.3. The minimum atomic E-state index is -0.377. The van der Waals surface area contributed by atoms with Crippen LogP contribution in [0.1, 0.15) is 24.4 Å². The molecule has 0 saturated heterocycles. The smallest absolute Gasteiger partial charge is 0.322 e. The summed E-state index contributed by atoms with van der Waals surface area (Å²) < 4.78 is 1.59. The van der Waals surface area contributed by atoms with E-state index in [0.29, 0.717) is 18.5 Å². The summed E-state index contributed by atoms with van der Waals surface area (Å²) in [5.41, 5.74) is 1.65. The van der Waals surface area contributed by atoms with Crippen LogP contribution in [0.25, 0.3) is 5.65 Å². The summed E-state index contributed by atoms with van der Waals surface area (Å²) >= 11 is 0. The molecule has 0 aliphatic heterocycles. The Morgan fingerprint density at radius 1 is 1.17 bits per heavy atom. The second-order valence-electron chi connectivity index (χ2n) is 5.37. The van der Waals surface area contributed by atoms with E-state index < -0.39 is 0 Å². The average Bonchev–Trinajstić information content (AvgIpc) is 3.01. The molecule has 1 atom stereocenters. The van der Waals surface area contributed by atoms with E-state index in [1.165, 1.54) is 0 Å². The molecular weight excluding hydrogens is 306 g/mol. The second-order valence-corrected chi connectivity index (χ2v) is 5.37. The fourth-order valence-electron chi connectivity index (χ4n) is 2.48. The number of amides is 2. The second kappa shape index (κ2) is 7.56. The van der Waals surface area contributed by atoms with E-state index in [1.54, 1.807) is 10.7 Å². The van der Waals surface area contributed by atoms with Gasteiger partial charge in [-0.2, -0.15) is 4.98 Å². The number of carbonyl (C=O) groups excluding carboxylic acids is 1. The number of aliphatic hydroxyl groups excluding tert-OH is 1. The van der Waals surface area contributed by atoms with Crippen LogP contribution < -0.4 is 10.6 Å². The lowest BCUT2D eigenvalue weighted by atomic mass is 10.0. The highest BCUT2D eigenvalue weighted by molar-refractivity contribution is 5.87. The van der Waals surface area contributed by atoms with Crippen molar-refractivity contribution in [3.63, 3.8) is 0 Å². The lowest BCUT2D eigenvalue weighted by Gasteiger charge is -2.18. The lowest BCUT2D eigenvalue weighted by molar-refractivity contribution is 0.243. The highest BCUT2D eigenvalue weighted by atomic mass is 16.3. The van der Waals surface area contributed by atoms with Gasteiger partial charge in [-0.25, -0.2) is 9.31 Å². The van der Waals surface area contributed by atoms with Crippen LogP contribution in [0.3, 0.4) is 0 Å². The Labute approximate surface area is 139 Å². The summed E-state index contributed by atoms with van der Waals surface area (Å²) in [6.45, 7) is 0.0840. The number of carbonyl (C=O) groups is 1. The molecule has 7 heteroatoms. The number of pyridine rings is 1. The molecular formula is C17H19N5O2. The van der Waals surface area contributed by atoms with Gasteiger partial charge in [0.15, 0.2) is 5.65 Å². The first-order chi connectivity index (χ1) is 11.8. The first-order valence-corrected chi connectivity index (χ1v) is 7.81. The molecule has 0 bridgehead atoms. The number of anilines is 1. The van der Waals surface area contributed by atoms with Crippen molar-refractivity contribution in [3.05, 3.63) is 60.3 Å². The fourth-order valence-corrected chi connectivity index (χ4v) is 2.48. The zero-order valence-corrected chi connectivity index (χ0v) is 13.1. The van der Waals surface area contributed by atoms with Crippen molar-refractivity contribution in [2.24, 2.45) is 0 Å². The molecule has 3 rings (SSSR count). The summed E-state index contributed by atoms with van der Waals surface area (Å²) in [4.78, 5) is 16.5. The number of aliphatic hydroxyl groups is 1. The van der Waals surface area contributed by atoms with Crippen LogP contribution in [-0.2, 0) is 0 Å². The van der Waals surface area contributed by atoms with Gasteiger partial charge in [-0.3, -0.25) is 5.32 Å². The van der Waals surface area contributed by atoms with Crippen LogP contribution in [0.2, 0.25) is 0 Å². The predicted octanol–water partition coefficient (Wildman–Crippen LogP) is 2.36. The minimum Gasteiger partial charge on any atom is -0.396 e. The Morgan fingerprint density at radius 2 is 1.96 bits per heavy atom. The molecule has 0 aliphatic carbocycles. The van der Waals surface area contributed by atoms with Gasteiger partial charge in [0.2, 0.25) is 0 Å². The van der Waals surface area contributed by atoms with Gasteiger partial charge in [0.05, 0.1) is 6.04 Å². The van der Waals surface area contributed by atoms with E-state index in [4.69, 9.17) is 5.11 Å². The molecule has 0 fully saturated rings. The fraction of sp³-hybridized carbons (Fsp3) is 0.235. The number of nitrogens with one attached hydrogen (secondary N) is 2. The topological polar surface area (TPSA) is 91.6 Å². The van der Waals surface area contributed by atoms with E-state index in [0.717, 1.165) is 5.56 Å². The summed E-state index contributed by atoms with van der Waals surface area (Å²) in [6.07, 6.45) is 3.01. The Hall–Kier alpha value is -2.93. The zero-order chi connectivity index (χ0) is 16.8. The third-order valence-electron chi connectivity index (χ3n) is 3.62. The van der Waals surface area contributed by atoms with E-state index in [-0.39, 0.29) is 24.6 Å². The Morgan fingerprint density at radius 3 is 2.71 bits per heavy atom. The number of fused-ring (bicyclic) bond motifs is 1. The molecule has 124 valence electrons. The van der Waals surface area contributed by atoms with Crippen LogP contribution in [0.5, 0.6) is 0 Å². The monoisotopic (exact) mass is 325 g/mol. The highest BCUT2D eigenvalue weighted by Crippen LogP contribution is 2.18. The normalized spacial score (nSPS) is 12.0. The van der Waals surface area contributed by atoms with Gasteiger partial charge < -0.3 is 10.4 Å². The maximum Gasteiger partial charge on any atom is 0.322 e. The highest BCUT2D eigenvalue weighted by Gasteiger charge is 2.15. The summed E-state index contributed by atoms with van der Waals surface area (Å²) in [5, 5.41) is 18.8. The molecule has 24 heavy (non-hydrogen) atoms. The van der Waals surface area contributed by atoms with E-state index in [2.05, 4.69) is 20.7 Å². The molecule has 2 amide bonds. The van der Waals surface area contributed by atoms with Crippen molar-refractivity contribution in [2.45, 2.75) is 18.9 Å². The lowest BCUT2D eigenvalue weighted by Crippen LogP contribution is -2.33. The minimum absolute atomic E-state index is 0.0840. The summed E-state index contributed by atoms with van der Waals surface area (Å²) in [5.74, 6) is 0.243. The number of hydrogen-bond acceptors (Lipinski definition) is 4. The molecule has 2 aromatic heterocycles. The Balaban J connectivity index is 1.68. The first-order valence-electron chi connectivity index (χ1n) is 7.81. The quantitative estimate of drug-likeness (QED) is 0.649. The molecule has 3 N–H and O–H groups in total. The number of hydrogen-bond donors (Lipinski definition) is 3. The molecule has 0 aliphatic rings. The van der Waals surface area contributed by atoms with Crippen LogP contribution in [0, 0.1) is 0 Å². The molecule has 3 aromatic rings. The zero-order valence-electron chi connectivity index (χ0n) is 13.1. The van der Waals surface area contributed by atoms with E-state index in [1.807, 2.05) is 48.5 Å². The molecule has 0 spiro atoms. The summed E-state index contributed by atoms with van der Waals surface area (Å²) in [7, 11) is 0. The molecule has 0 radical (unpaired) electrons. The predicted molar refractivity (Wildman–Crippen MR) is 90.6 cm³/mol. The van der Waals surface area contributed by atoms with Crippen LogP contribution in [-0.4, -0.2) is 32.3 Å². The third kappa shape index (κ3) is 3.88. The van der Waals surface area contributed by atoms with Gasteiger partial charge in [0, 0.05) is 12.8 Å². The molecule has 7 nitrogen and oxygen atoms in total. The Bertz CT molecular complexity index is 770. The molecule has 1 aromatic carbocycles. The van der Waals surface area contributed by atoms with Gasteiger partial charge >= 0.3 is 6.03 Å². The SMILES string of the molecule is O=C(Nc1nc2ccccn2n1)NC(CCCO)c1ccccc1. The number of aromatic nitrogens is 3. The van der Waals surface area contributed by atoms with Gasteiger partial charge in [-0.15, -0.1) is 5.10 Å². The van der Waals surface area contributed by atoms with Crippen molar-refractivity contribution in [1.29, 1.82) is 0 Å². The molecule has 1 unspecified atom stereocenters. The standard InChI is InChI=1S/C17H19N5O2/c23-12-6-9-14(13-7-2-1-3-8-13)18-17(24)20-16-19-15-10-4-5-11-22(15)21-16/h1-5,7-8,10-11,14,23H,6,9,12H2,(H2,18,20,21,24). The summed E-state index contributed by atoms with van der Waals surface area (Å²) in [6, 6.07) is 14.6. The van der Waals surface area contributed by atoms with Gasteiger partial charge in [-0.1, -0.05) is 36.4 Å². The van der Waals surface area contributed by atoms with Crippen molar-refractivity contribution in [3.8, 4) is 0 Å². The van der Waals surface area contributed by atoms with Crippen molar-refractivity contribution >= 4 is 17.6 Å². The number of nitrogens with zero attached hydrogens (tertiary/aromatic N) is 3. The van der Waals surface area contributed by atoms with Crippen molar-refractivity contribution in [1.82, 2.24) is 19.9 Å². The van der Waals surface area contributed by atoms with Gasteiger partial charge in [0.25, 0.3) is 5.95 Å². The number of rotatable bonds is 6. The average molecular weight is 325 g/mol. The van der Waals surface area contributed by atoms with Gasteiger partial charge in [-0.05, 0) is 30.5 Å². The van der Waals surface area contributed by atoms with Gasteiger partial charge in [0.1, 0.15) is 0 Å². The van der Waals surface area contributed by atoms with Crippen LogP contribution >= 0.6 is 0 Å². The van der Waals surface area contributed by atoms with E-state index >= 15 is 0 Å². The first kappa shape index (κ1) is 15.9. The van der Waals surface area contributed by atoms with Crippen molar-refractivity contribution in [2.75, 3.05) is 11.9 Å². The van der Waals surface area contributed by atoms with E-state index in [9.17, 15) is 4.79 Å². The van der Waals surface area contributed by atoms with Crippen LogP contribution in [0.4, 0.5) is 10.7 Å². The third-order valence-corrected chi connectivity index (χ3v) is 3.62. The maximum absolute atomic E-state index is 12.3. The molecule has 0 saturated carbocycles. The van der Waals surface area contributed by atoms with Crippen LogP contribution in [0.15, 0.2) is 54.7 Å². The number of urea groups is 1. The molecule has 2 heterocycles. The Kier molecular flexibility index (Phi) is 5.02. The number of benzene rings is 1.